The van der Waals surface area contributed by atoms with Crippen molar-refractivity contribution in [2.45, 2.75) is 12.7 Å². The van der Waals surface area contributed by atoms with E-state index in [-0.39, 0.29) is 0 Å². The Hall–Kier alpha value is -1.15. The molecule has 0 amide bonds. The van der Waals surface area contributed by atoms with E-state index in [1.165, 1.54) is 22.2 Å². The molecule has 0 aromatic carbocycles. The molecule has 0 aliphatic carbocycles. The zero-order valence-electron chi connectivity index (χ0n) is 9.61. The molecule has 0 spiro atoms. The summed E-state index contributed by atoms with van der Waals surface area (Å²) in [4.78, 5) is 5.08. The smallest absolute Gasteiger partial charge is 0.318 e. The maximum atomic E-state index is 12.3. The third-order valence-corrected chi connectivity index (χ3v) is 2.19. The second kappa shape index (κ2) is 6.55. The SMILES string of the molecule is CNCCN(CCn1cncn1)CC(F)(F)F. The van der Waals surface area contributed by atoms with Crippen molar-refractivity contribution in [3.8, 4) is 0 Å². The first kappa shape index (κ1) is 13.9. The number of rotatable bonds is 7. The summed E-state index contributed by atoms with van der Waals surface area (Å²) in [6.07, 6.45) is -1.32. The van der Waals surface area contributed by atoms with Crippen LogP contribution in [0.15, 0.2) is 12.7 Å². The van der Waals surface area contributed by atoms with E-state index in [1.807, 2.05) is 0 Å². The lowest BCUT2D eigenvalue weighted by molar-refractivity contribution is -0.146. The maximum absolute atomic E-state index is 12.3. The van der Waals surface area contributed by atoms with E-state index in [0.717, 1.165) is 0 Å². The second-order valence-electron chi connectivity index (χ2n) is 3.65. The van der Waals surface area contributed by atoms with Crippen LogP contribution in [0.5, 0.6) is 0 Å². The molecular formula is C9H16F3N5. The molecular weight excluding hydrogens is 235 g/mol. The Labute approximate surface area is 97.6 Å². The van der Waals surface area contributed by atoms with Crippen LogP contribution < -0.4 is 5.32 Å². The predicted molar refractivity (Wildman–Crippen MR) is 56.4 cm³/mol. The predicted octanol–water partition coefficient (Wildman–Crippen LogP) is 0.362. The molecule has 1 aromatic heterocycles. The van der Waals surface area contributed by atoms with Gasteiger partial charge in [-0.1, -0.05) is 0 Å². The summed E-state index contributed by atoms with van der Waals surface area (Å²) in [6, 6.07) is 0. The third kappa shape index (κ3) is 6.22. The lowest BCUT2D eigenvalue weighted by Crippen LogP contribution is -2.40. The van der Waals surface area contributed by atoms with Crippen molar-refractivity contribution in [1.29, 1.82) is 0 Å². The van der Waals surface area contributed by atoms with E-state index in [0.29, 0.717) is 26.2 Å². The van der Waals surface area contributed by atoms with Gasteiger partial charge in [-0.05, 0) is 7.05 Å². The van der Waals surface area contributed by atoms with Gasteiger partial charge in [0.05, 0.1) is 13.1 Å². The highest BCUT2D eigenvalue weighted by Crippen LogP contribution is 2.16. The molecule has 17 heavy (non-hydrogen) atoms. The summed E-state index contributed by atoms with van der Waals surface area (Å²) in [7, 11) is 1.71. The Balaban J connectivity index is 2.39. The van der Waals surface area contributed by atoms with Crippen molar-refractivity contribution in [3.63, 3.8) is 0 Å². The third-order valence-electron chi connectivity index (χ3n) is 2.19. The maximum Gasteiger partial charge on any atom is 0.401 e. The number of aromatic nitrogens is 3. The molecule has 5 nitrogen and oxygen atoms in total. The molecule has 0 aliphatic heterocycles. The van der Waals surface area contributed by atoms with Crippen LogP contribution in [0.4, 0.5) is 13.2 Å². The first-order valence-electron chi connectivity index (χ1n) is 5.27. The van der Waals surface area contributed by atoms with Crippen LogP contribution in [-0.4, -0.2) is 59.1 Å². The van der Waals surface area contributed by atoms with Crippen molar-refractivity contribution in [3.05, 3.63) is 12.7 Å². The van der Waals surface area contributed by atoms with Gasteiger partial charge in [-0.15, -0.1) is 0 Å². The highest BCUT2D eigenvalue weighted by molar-refractivity contribution is 4.65. The average molecular weight is 251 g/mol. The number of nitrogens with one attached hydrogen (secondary N) is 1. The van der Waals surface area contributed by atoms with Crippen LogP contribution in [0.25, 0.3) is 0 Å². The quantitative estimate of drug-likeness (QED) is 0.760. The fraction of sp³-hybridized carbons (Fsp3) is 0.778. The number of hydrogen-bond acceptors (Lipinski definition) is 4. The van der Waals surface area contributed by atoms with E-state index >= 15 is 0 Å². The van der Waals surface area contributed by atoms with Crippen LogP contribution in [0, 0.1) is 0 Å². The fourth-order valence-electron chi connectivity index (χ4n) is 1.39. The summed E-state index contributed by atoms with van der Waals surface area (Å²) in [5.41, 5.74) is 0. The zero-order valence-corrected chi connectivity index (χ0v) is 9.61. The van der Waals surface area contributed by atoms with Crippen molar-refractivity contribution in [2.75, 3.05) is 33.2 Å². The molecule has 0 unspecified atom stereocenters. The number of alkyl halides is 3. The summed E-state index contributed by atoms with van der Waals surface area (Å²) in [5.74, 6) is 0. The van der Waals surface area contributed by atoms with Gasteiger partial charge in [0.1, 0.15) is 12.7 Å². The van der Waals surface area contributed by atoms with Crippen molar-refractivity contribution < 1.29 is 13.2 Å². The van der Waals surface area contributed by atoms with Crippen LogP contribution in [0.2, 0.25) is 0 Å². The monoisotopic (exact) mass is 251 g/mol. The lowest BCUT2D eigenvalue weighted by Gasteiger charge is -2.23. The Bertz CT molecular complexity index is 298. The molecule has 1 heterocycles. The summed E-state index contributed by atoms with van der Waals surface area (Å²) in [5, 5.41) is 6.68. The lowest BCUT2D eigenvalue weighted by atomic mass is 10.4. The molecule has 0 bridgehead atoms. The van der Waals surface area contributed by atoms with Crippen molar-refractivity contribution >= 4 is 0 Å². The largest absolute Gasteiger partial charge is 0.401 e. The molecule has 0 saturated carbocycles. The van der Waals surface area contributed by atoms with Gasteiger partial charge >= 0.3 is 6.18 Å². The first-order chi connectivity index (χ1) is 8.01. The van der Waals surface area contributed by atoms with Gasteiger partial charge in [-0.25, -0.2) is 4.98 Å². The van der Waals surface area contributed by atoms with Gasteiger partial charge in [-0.3, -0.25) is 9.58 Å². The van der Waals surface area contributed by atoms with E-state index < -0.39 is 12.7 Å². The Morgan fingerprint density at radius 1 is 1.35 bits per heavy atom. The molecule has 1 N–H and O–H groups in total. The number of hydrogen-bond donors (Lipinski definition) is 1. The minimum Gasteiger partial charge on any atom is -0.318 e. The van der Waals surface area contributed by atoms with E-state index in [4.69, 9.17) is 0 Å². The second-order valence-corrected chi connectivity index (χ2v) is 3.65. The first-order valence-corrected chi connectivity index (χ1v) is 5.27. The van der Waals surface area contributed by atoms with Gasteiger partial charge in [0.2, 0.25) is 0 Å². The van der Waals surface area contributed by atoms with Gasteiger partial charge < -0.3 is 5.32 Å². The van der Waals surface area contributed by atoms with E-state index in [1.54, 1.807) is 7.05 Å². The van der Waals surface area contributed by atoms with Gasteiger partial charge in [0, 0.05) is 19.6 Å². The normalized spacial score (nSPS) is 12.3. The molecule has 0 aliphatic rings. The summed E-state index contributed by atoms with van der Waals surface area (Å²) < 4.78 is 38.4. The highest BCUT2D eigenvalue weighted by atomic mass is 19.4. The number of likely N-dealkylation sites (N-methyl/N-ethyl adjacent to an activating group) is 1. The molecule has 98 valence electrons. The molecule has 0 radical (unpaired) electrons. The topological polar surface area (TPSA) is 46.0 Å². The molecule has 0 fully saturated rings. The Kier molecular flexibility index (Phi) is 5.36. The van der Waals surface area contributed by atoms with Crippen LogP contribution in [0.1, 0.15) is 0 Å². The molecule has 0 saturated heterocycles. The van der Waals surface area contributed by atoms with Crippen molar-refractivity contribution in [1.82, 2.24) is 25.0 Å². The minimum absolute atomic E-state index is 0.296. The van der Waals surface area contributed by atoms with Crippen molar-refractivity contribution in [2.24, 2.45) is 0 Å². The van der Waals surface area contributed by atoms with Crippen LogP contribution in [0.3, 0.4) is 0 Å². The minimum atomic E-state index is -4.17. The fourth-order valence-corrected chi connectivity index (χ4v) is 1.39. The van der Waals surface area contributed by atoms with E-state index in [9.17, 15) is 13.2 Å². The Morgan fingerprint density at radius 2 is 2.12 bits per heavy atom. The van der Waals surface area contributed by atoms with Gasteiger partial charge in [0.15, 0.2) is 0 Å². The molecule has 1 aromatic rings. The average Bonchev–Trinajstić information content (AvgIpc) is 2.73. The molecule has 0 atom stereocenters. The van der Waals surface area contributed by atoms with Gasteiger partial charge in [0.25, 0.3) is 0 Å². The van der Waals surface area contributed by atoms with E-state index in [2.05, 4.69) is 15.4 Å². The molecule has 1 rings (SSSR count). The molecule has 8 heteroatoms. The van der Waals surface area contributed by atoms with Crippen LogP contribution >= 0.6 is 0 Å². The highest BCUT2D eigenvalue weighted by Gasteiger charge is 2.30. The zero-order chi connectivity index (χ0) is 12.7. The van der Waals surface area contributed by atoms with Crippen LogP contribution in [-0.2, 0) is 6.54 Å². The summed E-state index contributed by atoms with van der Waals surface area (Å²) >= 11 is 0. The standard InChI is InChI=1S/C9H16F3N5/c1-13-2-3-16(6-9(10,11)12)4-5-17-8-14-7-15-17/h7-8,13H,2-6H2,1H3. The summed E-state index contributed by atoms with van der Waals surface area (Å²) in [6.45, 7) is 0.672. The van der Waals surface area contributed by atoms with Gasteiger partial charge in [-0.2, -0.15) is 18.3 Å². The number of nitrogens with zero attached hydrogens (tertiary/aromatic N) is 4. The Morgan fingerprint density at radius 3 is 2.65 bits per heavy atom. The number of halogens is 3.